The van der Waals surface area contributed by atoms with E-state index in [-0.39, 0.29) is 0 Å². The van der Waals surface area contributed by atoms with Gasteiger partial charge >= 0.3 is 0 Å². The molecule has 10 heavy (non-hydrogen) atoms. The summed E-state index contributed by atoms with van der Waals surface area (Å²) in [5.74, 6) is 3.42. The SMILES string of the molecule is CC1C2CCC3(CCC13)C2. The summed E-state index contributed by atoms with van der Waals surface area (Å²) in [5, 5.41) is 0. The molecule has 3 rings (SSSR count). The van der Waals surface area contributed by atoms with Gasteiger partial charge in [0, 0.05) is 0 Å². The second-order valence-electron chi connectivity index (χ2n) is 4.87. The number of hydrogen-bond donors (Lipinski definition) is 0. The molecule has 56 valence electrons. The van der Waals surface area contributed by atoms with Crippen molar-refractivity contribution in [1.29, 1.82) is 0 Å². The van der Waals surface area contributed by atoms with E-state index < -0.39 is 0 Å². The van der Waals surface area contributed by atoms with Crippen LogP contribution in [-0.2, 0) is 0 Å². The summed E-state index contributed by atoms with van der Waals surface area (Å²) in [6.07, 6.45) is 7.92. The fourth-order valence-corrected chi connectivity index (χ4v) is 4.08. The molecular formula is C10H16. The fraction of sp³-hybridized carbons (Fsp3) is 1.00. The average Bonchev–Trinajstić information content (AvgIpc) is 2.34. The quantitative estimate of drug-likeness (QED) is 0.480. The molecule has 1 spiro atoms. The van der Waals surface area contributed by atoms with E-state index in [1.54, 1.807) is 32.1 Å². The molecule has 3 aliphatic carbocycles. The molecule has 3 fully saturated rings. The smallest absolute Gasteiger partial charge is 0.0264 e. The maximum absolute atomic E-state index is 2.50. The molecule has 0 aromatic rings. The van der Waals surface area contributed by atoms with Crippen LogP contribution in [0.2, 0.25) is 0 Å². The lowest BCUT2D eigenvalue weighted by atomic mass is 9.57. The van der Waals surface area contributed by atoms with Gasteiger partial charge in [-0.15, -0.1) is 0 Å². The first-order chi connectivity index (χ1) is 4.82. The van der Waals surface area contributed by atoms with E-state index in [2.05, 4.69) is 6.92 Å². The standard InChI is InChI=1S/C10H16/c1-7-8-2-4-10(6-8)5-3-9(7)10/h7-9H,2-6H2,1H3. The van der Waals surface area contributed by atoms with E-state index >= 15 is 0 Å². The molecule has 0 aromatic carbocycles. The third kappa shape index (κ3) is 0.408. The van der Waals surface area contributed by atoms with Crippen molar-refractivity contribution in [3.63, 3.8) is 0 Å². The van der Waals surface area contributed by atoms with Gasteiger partial charge in [0.2, 0.25) is 0 Å². The zero-order valence-electron chi connectivity index (χ0n) is 6.77. The number of rotatable bonds is 0. The van der Waals surface area contributed by atoms with Gasteiger partial charge in [0.25, 0.3) is 0 Å². The van der Waals surface area contributed by atoms with Gasteiger partial charge < -0.3 is 0 Å². The first-order valence-electron chi connectivity index (χ1n) is 4.82. The van der Waals surface area contributed by atoms with Crippen LogP contribution >= 0.6 is 0 Å². The Kier molecular flexibility index (Phi) is 0.810. The van der Waals surface area contributed by atoms with Crippen LogP contribution in [0.25, 0.3) is 0 Å². The summed E-state index contributed by atoms with van der Waals surface area (Å²) >= 11 is 0. The van der Waals surface area contributed by atoms with Crippen LogP contribution in [0.15, 0.2) is 0 Å². The second kappa shape index (κ2) is 1.44. The van der Waals surface area contributed by atoms with E-state index in [1.165, 1.54) is 5.92 Å². The largest absolute Gasteiger partial charge is 0.0620 e. The summed E-state index contributed by atoms with van der Waals surface area (Å²) < 4.78 is 0. The van der Waals surface area contributed by atoms with E-state index in [4.69, 9.17) is 0 Å². The molecule has 4 atom stereocenters. The zero-order valence-corrected chi connectivity index (χ0v) is 6.77. The molecule has 0 heteroatoms. The van der Waals surface area contributed by atoms with Gasteiger partial charge in [-0.25, -0.2) is 0 Å². The van der Waals surface area contributed by atoms with Crippen molar-refractivity contribution in [2.45, 2.75) is 39.0 Å². The number of fused-ring (bicyclic) bond motifs is 1. The second-order valence-corrected chi connectivity index (χ2v) is 4.87. The average molecular weight is 136 g/mol. The predicted octanol–water partition coefficient (Wildman–Crippen LogP) is 2.83. The summed E-state index contributed by atoms with van der Waals surface area (Å²) in [6, 6.07) is 0. The van der Waals surface area contributed by atoms with Crippen molar-refractivity contribution in [2.24, 2.45) is 23.2 Å². The summed E-state index contributed by atoms with van der Waals surface area (Å²) in [6.45, 7) is 2.50. The van der Waals surface area contributed by atoms with E-state index in [0.29, 0.717) is 0 Å². The molecule has 3 saturated carbocycles. The van der Waals surface area contributed by atoms with Crippen molar-refractivity contribution in [3.05, 3.63) is 0 Å². The summed E-state index contributed by atoms with van der Waals surface area (Å²) in [7, 11) is 0. The lowest BCUT2D eigenvalue weighted by Gasteiger charge is -2.47. The molecule has 0 nitrogen and oxygen atoms in total. The third-order valence-corrected chi connectivity index (χ3v) is 4.80. The molecule has 2 bridgehead atoms. The fourth-order valence-electron chi connectivity index (χ4n) is 4.08. The van der Waals surface area contributed by atoms with Crippen LogP contribution in [0, 0.1) is 23.2 Å². The van der Waals surface area contributed by atoms with Crippen molar-refractivity contribution < 1.29 is 0 Å². The minimum Gasteiger partial charge on any atom is -0.0620 e. The highest BCUT2D eigenvalue weighted by atomic mass is 14.6. The van der Waals surface area contributed by atoms with E-state index in [1.807, 2.05) is 0 Å². The van der Waals surface area contributed by atoms with E-state index in [0.717, 1.165) is 17.3 Å². The maximum Gasteiger partial charge on any atom is -0.0264 e. The molecule has 4 unspecified atom stereocenters. The minimum atomic E-state index is 0.921. The van der Waals surface area contributed by atoms with Crippen LogP contribution in [-0.4, -0.2) is 0 Å². The van der Waals surface area contributed by atoms with Crippen molar-refractivity contribution >= 4 is 0 Å². The Labute approximate surface area is 63.0 Å². The number of hydrogen-bond acceptors (Lipinski definition) is 0. The van der Waals surface area contributed by atoms with Gasteiger partial charge in [-0.2, -0.15) is 0 Å². The normalized spacial score (nSPS) is 63.9. The molecule has 0 amide bonds. The molecule has 0 saturated heterocycles. The molecule has 3 aliphatic rings. The van der Waals surface area contributed by atoms with Crippen LogP contribution in [0.4, 0.5) is 0 Å². The Morgan fingerprint density at radius 3 is 2.40 bits per heavy atom. The summed E-state index contributed by atoms with van der Waals surface area (Å²) in [5.41, 5.74) is 0.921. The third-order valence-electron chi connectivity index (χ3n) is 4.80. The summed E-state index contributed by atoms with van der Waals surface area (Å²) in [4.78, 5) is 0. The van der Waals surface area contributed by atoms with Gasteiger partial charge in [0.05, 0.1) is 0 Å². The van der Waals surface area contributed by atoms with Crippen LogP contribution in [0.5, 0.6) is 0 Å². The van der Waals surface area contributed by atoms with E-state index in [9.17, 15) is 0 Å². The lowest BCUT2D eigenvalue weighted by molar-refractivity contribution is 0.0235. The highest BCUT2D eigenvalue weighted by molar-refractivity contribution is 5.10. The molecule has 0 aromatic heterocycles. The highest BCUT2D eigenvalue weighted by Crippen LogP contribution is 2.69. The lowest BCUT2D eigenvalue weighted by Crippen LogP contribution is -2.38. The Morgan fingerprint density at radius 2 is 2.00 bits per heavy atom. The monoisotopic (exact) mass is 136 g/mol. The van der Waals surface area contributed by atoms with Gasteiger partial charge in [0.15, 0.2) is 0 Å². The Morgan fingerprint density at radius 1 is 1.20 bits per heavy atom. The van der Waals surface area contributed by atoms with Gasteiger partial charge in [0.1, 0.15) is 0 Å². The Balaban J connectivity index is 2.00. The minimum absolute atomic E-state index is 0.921. The van der Waals surface area contributed by atoms with Crippen molar-refractivity contribution in [1.82, 2.24) is 0 Å². The van der Waals surface area contributed by atoms with Gasteiger partial charge in [-0.1, -0.05) is 6.92 Å². The molecule has 0 radical (unpaired) electrons. The molecular weight excluding hydrogens is 120 g/mol. The maximum atomic E-state index is 2.50. The van der Waals surface area contributed by atoms with Crippen molar-refractivity contribution in [3.8, 4) is 0 Å². The predicted molar refractivity (Wildman–Crippen MR) is 41.7 cm³/mol. The van der Waals surface area contributed by atoms with Crippen molar-refractivity contribution in [2.75, 3.05) is 0 Å². The first kappa shape index (κ1) is 5.62. The molecule has 0 N–H and O–H groups in total. The van der Waals surface area contributed by atoms with Crippen LogP contribution in [0.1, 0.15) is 39.0 Å². The highest BCUT2D eigenvalue weighted by Gasteiger charge is 2.60. The first-order valence-corrected chi connectivity index (χ1v) is 4.82. The van der Waals surface area contributed by atoms with Crippen LogP contribution in [0.3, 0.4) is 0 Å². The van der Waals surface area contributed by atoms with Gasteiger partial charge in [-0.3, -0.25) is 0 Å². The molecule has 0 aliphatic heterocycles. The topological polar surface area (TPSA) is 0 Å². The van der Waals surface area contributed by atoms with Gasteiger partial charge in [-0.05, 0) is 55.3 Å². The zero-order chi connectivity index (χ0) is 6.77. The van der Waals surface area contributed by atoms with Crippen LogP contribution < -0.4 is 0 Å². The Hall–Kier alpha value is 0. The molecule has 0 heterocycles. The Bertz CT molecular complexity index is 173.